The smallest absolute Gasteiger partial charge is 0.321 e. The van der Waals surface area contributed by atoms with Crippen molar-refractivity contribution in [1.29, 1.82) is 0 Å². The van der Waals surface area contributed by atoms with Gasteiger partial charge >= 0.3 is 6.03 Å². The Morgan fingerprint density at radius 3 is 2.87 bits per heavy atom. The maximum Gasteiger partial charge on any atom is 0.321 e. The van der Waals surface area contributed by atoms with Crippen LogP contribution in [0.15, 0.2) is 22.7 Å². The van der Waals surface area contributed by atoms with Gasteiger partial charge in [-0.3, -0.25) is 0 Å². The van der Waals surface area contributed by atoms with Gasteiger partial charge in [0.1, 0.15) is 5.82 Å². The number of urea groups is 1. The minimum absolute atomic E-state index is 0.260. The lowest BCUT2D eigenvalue weighted by Gasteiger charge is -2.16. The monoisotopic (exact) mass is 274 g/mol. The van der Waals surface area contributed by atoms with Gasteiger partial charge < -0.3 is 10.2 Å². The number of halogens is 2. The number of anilines is 1. The van der Waals surface area contributed by atoms with Crippen LogP contribution in [0.25, 0.3) is 0 Å². The molecule has 0 fully saturated rings. The van der Waals surface area contributed by atoms with Gasteiger partial charge in [-0.15, -0.1) is 0 Å². The first-order valence-corrected chi connectivity index (χ1v) is 5.31. The van der Waals surface area contributed by atoms with Gasteiger partial charge in [-0.1, -0.05) is 0 Å². The summed E-state index contributed by atoms with van der Waals surface area (Å²) in [6.07, 6.45) is 0. The Labute approximate surface area is 96.4 Å². The molecule has 0 aliphatic rings. The fourth-order valence-corrected chi connectivity index (χ4v) is 1.29. The number of benzene rings is 1. The number of nitrogens with one attached hydrogen (secondary N) is 1. The predicted molar refractivity (Wildman–Crippen MR) is 61.4 cm³/mol. The van der Waals surface area contributed by atoms with Crippen molar-refractivity contribution in [2.45, 2.75) is 6.92 Å². The van der Waals surface area contributed by atoms with Crippen LogP contribution in [0.4, 0.5) is 14.9 Å². The van der Waals surface area contributed by atoms with Gasteiger partial charge in [-0.25, -0.2) is 9.18 Å². The van der Waals surface area contributed by atoms with Crippen LogP contribution < -0.4 is 5.32 Å². The second-order valence-electron chi connectivity index (χ2n) is 3.07. The van der Waals surface area contributed by atoms with Crippen LogP contribution in [-0.2, 0) is 0 Å². The maximum atomic E-state index is 12.9. The van der Waals surface area contributed by atoms with Crippen molar-refractivity contribution in [3.05, 3.63) is 28.5 Å². The third-order valence-electron chi connectivity index (χ3n) is 1.99. The highest BCUT2D eigenvalue weighted by Crippen LogP contribution is 2.23. The molecule has 1 rings (SSSR count). The summed E-state index contributed by atoms with van der Waals surface area (Å²) in [6.45, 7) is 2.46. The van der Waals surface area contributed by atoms with Crippen molar-refractivity contribution >= 4 is 27.6 Å². The highest BCUT2D eigenvalue weighted by molar-refractivity contribution is 9.10. The third-order valence-corrected chi connectivity index (χ3v) is 2.68. The second-order valence-corrected chi connectivity index (χ2v) is 3.92. The van der Waals surface area contributed by atoms with Crippen molar-refractivity contribution in [3.63, 3.8) is 0 Å². The fourth-order valence-electron chi connectivity index (χ4n) is 0.948. The van der Waals surface area contributed by atoms with E-state index in [1.807, 2.05) is 6.92 Å². The highest BCUT2D eigenvalue weighted by atomic mass is 79.9. The van der Waals surface area contributed by atoms with E-state index in [-0.39, 0.29) is 11.8 Å². The number of hydrogen-bond donors (Lipinski definition) is 1. The van der Waals surface area contributed by atoms with E-state index in [1.165, 1.54) is 17.0 Å². The molecule has 3 nitrogen and oxygen atoms in total. The van der Waals surface area contributed by atoms with Crippen molar-refractivity contribution in [1.82, 2.24) is 4.90 Å². The van der Waals surface area contributed by atoms with Crippen LogP contribution in [0.1, 0.15) is 6.92 Å². The Morgan fingerprint density at radius 2 is 2.27 bits per heavy atom. The minimum Gasteiger partial charge on any atom is -0.328 e. The molecule has 0 radical (unpaired) electrons. The molecule has 0 saturated carbocycles. The van der Waals surface area contributed by atoms with Crippen molar-refractivity contribution in [2.24, 2.45) is 0 Å². The van der Waals surface area contributed by atoms with Crippen molar-refractivity contribution in [2.75, 3.05) is 18.9 Å². The first kappa shape index (κ1) is 12.0. The first-order chi connectivity index (χ1) is 7.04. The molecule has 0 unspecified atom stereocenters. The molecule has 0 bridgehead atoms. The molecule has 1 aromatic carbocycles. The van der Waals surface area contributed by atoms with Crippen LogP contribution in [0.2, 0.25) is 0 Å². The molecule has 0 aromatic heterocycles. The van der Waals surface area contributed by atoms with E-state index in [0.29, 0.717) is 16.7 Å². The molecule has 0 aliphatic carbocycles. The summed E-state index contributed by atoms with van der Waals surface area (Å²) >= 11 is 3.23. The van der Waals surface area contributed by atoms with Gasteiger partial charge in [0.05, 0.1) is 5.69 Å². The van der Waals surface area contributed by atoms with E-state index < -0.39 is 0 Å². The van der Waals surface area contributed by atoms with E-state index in [0.717, 1.165) is 0 Å². The van der Waals surface area contributed by atoms with Gasteiger partial charge in [0.15, 0.2) is 0 Å². The average molecular weight is 275 g/mol. The van der Waals surface area contributed by atoms with Crippen LogP contribution >= 0.6 is 15.9 Å². The summed E-state index contributed by atoms with van der Waals surface area (Å²) in [4.78, 5) is 13.0. The standard InChI is InChI=1S/C10H12BrFN2O/c1-3-14(2)10(15)13-9-6-7(12)4-5-8(9)11/h4-6H,3H2,1-2H3,(H,13,15). The van der Waals surface area contributed by atoms with Gasteiger partial charge in [0, 0.05) is 18.1 Å². The van der Waals surface area contributed by atoms with Gasteiger partial charge in [-0.2, -0.15) is 0 Å². The van der Waals surface area contributed by atoms with Crippen LogP contribution in [-0.4, -0.2) is 24.5 Å². The molecular formula is C10H12BrFN2O. The summed E-state index contributed by atoms with van der Waals surface area (Å²) in [5.41, 5.74) is 0.431. The lowest BCUT2D eigenvalue weighted by atomic mass is 10.3. The van der Waals surface area contributed by atoms with Crippen LogP contribution in [0.5, 0.6) is 0 Å². The molecule has 1 N–H and O–H groups in total. The first-order valence-electron chi connectivity index (χ1n) is 4.51. The zero-order valence-corrected chi connectivity index (χ0v) is 10.1. The summed E-state index contributed by atoms with van der Waals surface area (Å²) in [6, 6.07) is 3.88. The lowest BCUT2D eigenvalue weighted by molar-refractivity contribution is 0.224. The highest BCUT2D eigenvalue weighted by Gasteiger charge is 2.09. The molecule has 82 valence electrons. The molecule has 0 heterocycles. The molecule has 0 aliphatic heterocycles. The Kier molecular flexibility index (Phi) is 4.08. The van der Waals surface area contributed by atoms with Crippen LogP contribution in [0, 0.1) is 5.82 Å². The summed E-state index contributed by atoms with van der Waals surface area (Å²) < 4.78 is 13.5. The van der Waals surface area contributed by atoms with Gasteiger partial charge in [-0.05, 0) is 41.1 Å². The number of rotatable bonds is 2. The minimum atomic E-state index is -0.382. The van der Waals surface area contributed by atoms with E-state index >= 15 is 0 Å². The molecule has 2 amide bonds. The Balaban J connectivity index is 2.80. The molecule has 0 saturated heterocycles. The molecule has 15 heavy (non-hydrogen) atoms. The van der Waals surface area contributed by atoms with Gasteiger partial charge in [0.25, 0.3) is 0 Å². The summed E-state index contributed by atoms with van der Waals surface area (Å²) in [5, 5.41) is 2.60. The average Bonchev–Trinajstić information content (AvgIpc) is 2.22. The van der Waals surface area contributed by atoms with E-state index in [2.05, 4.69) is 21.2 Å². The number of hydrogen-bond acceptors (Lipinski definition) is 1. The number of amides is 2. The Morgan fingerprint density at radius 1 is 1.60 bits per heavy atom. The fraction of sp³-hybridized carbons (Fsp3) is 0.300. The van der Waals surface area contributed by atoms with Gasteiger partial charge in [0.2, 0.25) is 0 Å². The zero-order valence-electron chi connectivity index (χ0n) is 8.55. The number of carbonyl (C=O) groups excluding carboxylic acids is 1. The third kappa shape index (κ3) is 3.20. The molecule has 1 aromatic rings. The summed E-state index contributed by atoms with van der Waals surface area (Å²) in [7, 11) is 1.67. The second kappa shape index (κ2) is 5.11. The lowest BCUT2D eigenvalue weighted by Crippen LogP contribution is -2.31. The van der Waals surface area contributed by atoms with E-state index in [4.69, 9.17) is 0 Å². The quantitative estimate of drug-likeness (QED) is 0.883. The van der Waals surface area contributed by atoms with Crippen molar-refractivity contribution in [3.8, 4) is 0 Å². The van der Waals surface area contributed by atoms with E-state index in [1.54, 1.807) is 13.1 Å². The maximum absolute atomic E-state index is 12.9. The van der Waals surface area contributed by atoms with Crippen molar-refractivity contribution < 1.29 is 9.18 Å². The number of carbonyl (C=O) groups is 1. The molecular weight excluding hydrogens is 263 g/mol. The number of nitrogens with zero attached hydrogens (tertiary/aromatic N) is 1. The Bertz CT molecular complexity index is 370. The Hall–Kier alpha value is -1.10. The SMILES string of the molecule is CCN(C)C(=O)Nc1cc(F)ccc1Br. The molecule has 0 spiro atoms. The zero-order chi connectivity index (χ0) is 11.4. The molecule has 0 atom stereocenters. The van der Waals surface area contributed by atoms with E-state index in [9.17, 15) is 9.18 Å². The normalized spacial score (nSPS) is 9.87. The summed E-state index contributed by atoms with van der Waals surface area (Å²) in [5.74, 6) is -0.382. The topological polar surface area (TPSA) is 32.3 Å². The molecule has 5 heteroatoms. The largest absolute Gasteiger partial charge is 0.328 e. The van der Waals surface area contributed by atoms with Crippen LogP contribution in [0.3, 0.4) is 0 Å². The predicted octanol–water partition coefficient (Wildman–Crippen LogP) is 3.07.